The van der Waals surface area contributed by atoms with Crippen LogP contribution in [0.5, 0.6) is 5.75 Å². The zero-order valence-electron chi connectivity index (χ0n) is 8.82. The lowest BCUT2D eigenvalue weighted by atomic mass is 9.98. The molecule has 1 aromatic rings. The Morgan fingerprint density at radius 1 is 1.43 bits per heavy atom. The maximum Gasteiger partial charge on any atom is 0.124 e. The summed E-state index contributed by atoms with van der Waals surface area (Å²) >= 11 is 0. The largest absolute Gasteiger partial charge is 0.496 e. The first kappa shape index (κ1) is 11.0. The van der Waals surface area contributed by atoms with Crippen LogP contribution >= 0.6 is 0 Å². The van der Waals surface area contributed by atoms with Crippen LogP contribution in [0.2, 0.25) is 0 Å². The molecule has 0 unspecified atom stereocenters. The molecule has 0 heterocycles. The van der Waals surface area contributed by atoms with Crippen LogP contribution < -0.4 is 10.5 Å². The van der Waals surface area contributed by atoms with Gasteiger partial charge in [0.15, 0.2) is 0 Å². The van der Waals surface area contributed by atoms with Crippen molar-refractivity contribution in [3.05, 3.63) is 29.3 Å². The van der Waals surface area contributed by atoms with Crippen LogP contribution in [-0.2, 0) is 0 Å². The molecule has 0 fully saturated rings. The minimum atomic E-state index is -0.675. The van der Waals surface area contributed by atoms with Gasteiger partial charge in [0.1, 0.15) is 5.75 Å². The molecule has 0 radical (unpaired) electrons. The Kier molecular flexibility index (Phi) is 3.49. The van der Waals surface area contributed by atoms with E-state index in [9.17, 15) is 5.11 Å². The first-order chi connectivity index (χ1) is 6.57. The molecule has 78 valence electrons. The highest BCUT2D eigenvalue weighted by atomic mass is 16.5. The van der Waals surface area contributed by atoms with E-state index in [-0.39, 0.29) is 6.04 Å². The predicted octanol–water partition coefficient (Wildman–Crippen LogP) is 1.38. The van der Waals surface area contributed by atoms with Gasteiger partial charge in [-0.15, -0.1) is 0 Å². The van der Waals surface area contributed by atoms with Gasteiger partial charge in [-0.2, -0.15) is 0 Å². The number of rotatable bonds is 3. The van der Waals surface area contributed by atoms with E-state index in [0.29, 0.717) is 5.75 Å². The molecule has 0 bridgehead atoms. The normalized spacial score (nSPS) is 14.9. The zero-order valence-corrected chi connectivity index (χ0v) is 8.82. The van der Waals surface area contributed by atoms with E-state index in [4.69, 9.17) is 10.5 Å². The molecule has 0 saturated carbocycles. The third-order valence-electron chi connectivity index (χ3n) is 2.30. The minimum Gasteiger partial charge on any atom is -0.496 e. The lowest BCUT2D eigenvalue weighted by molar-refractivity contribution is 0.149. The van der Waals surface area contributed by atoms with Crippen LogP contribution in [-0.4, -0.2) is 18.3 Å². The summed E-state index contributed by atoms with van der Waals surface area (Å²) in [6.07, 6.45) is -0.675. The summed E-state index contributed by atoms with van der Waals surface area (Å²) in [5.74, 6) is 0.690. The molecule has 0 saturated heterocycles. The Morgan fingerprint density at radius 2 is 2.07 bits per heavy atom. The second kappa shape index (κ2) is 4.44. The van der Waals surface area contributed by atoms with Gasteiger partial charge in [0.05, 0.1) is 13.2 Å². The van der Waals surface area contributed by atoms with E-state index in [0.717, 1.165) is 11.1 Å². The highest BCUT2D eigenvalue weighted by molar-refractivity contribution is 5.41. The molecule has 0 spiro atoms. The summed E-state index contributed by atoms with van der Waals surface area (Å²) in [6, 6.07) is 5.35. The molecule has 0 amide bonds. The van der Waals surface area contributed by atoms with Crippen molar-refractivity contribution < 1.29 is 9.84 Å². The van der Waals surface area contributed by atoms with Crippen molar-refractivity contribution in [2.24, 2.45) is 5.73 Å². The van der Waals surface area contributed by atoms with Gasteiger partial charge in [0.2, 0.25) is 0 Å². The molecule has 1 rings (SSSR count). The van der Waals surface area contributed by atoms with Crippen molar-refractivity contribution in [2.75, 3.05) is 7.11 Å². The summed E-state index contributed by atoms with van der Waals surface area (Å²) in [6.45, 7) is 3.71. The third-order valence-corrected chi connectivity index (χ3v) is 2.30. The summed E-state index contributed by atoms with van der Waals surface area (Å²) in [5, 5.41) is 9.89. The molecule has 3 nitrogen and oxygen atoms in total. The molecule has 1 aromatic carbocycles. The van der Waals surface area contributed by atoms with Gasteiger partial charge in [0.25, 0.3) is 0 Å². The van der Waals surface area contributed by atoms with E-state index in [2.05, 4.69) is 0 Å². The number of ether oxygens (including phenoxy) is 1. The van der Waals surface area contributed by atoms with Crippen molar-refractivity contribution in [1.29, 1.82) is 0 Å². The number of aliphatic hydroxyl groups is 1. The molecule has 0 aliphatic carbocycles. The second-order valence-corrected chi connectivity index (χ2v) is 3.49. The summed E-state index contributed by atoms with van der Waals surface area (Å²) in [5.41, 5.74) is 7.43. The Labute approximate surface area is 84.5 Å². The lowest BCUT2D eigenvalue weighted by Gasteiger charge is -2.19. The maximum atomic E-state index is 9.89. The number of hydrogen-bond acceptors (Lipinski definition) is 3. The van der Waals surface area contributed by atoms with Crippen LogP contribution in [0.1, 0.15) is 24.2 Å². The fourth-order valence-corrected chi connectivity index (χ4v) is 1.47. The van der Waals surface area contributed by atoms with Crippen molar-refractivity contribution in [3.63, 3.8) is 0 Å². The van der Waals surface area contributed by atoms with Gasteiger partial charge in [0, 0.05) is 11.6 Å². The molecule has 0 aromatic heterocycles. The van der Waals surface area contributed by atoms with Gasteiger partial charge in [-0.3, -0.25) is 0 Å². The van der Waals surface area contributed by atoms with Gasteiger partial charge >= 0.3 is 0 Å². The molecule has 3 heteroatoms. The summed E-state index contributed by atoms with van der Waals surface area (Å²) in [4.78, 5) is 0. The first-order valence-electron chi connectivity index (χ1n) is 4.65. The average molecular weight is 195 g/mol. The standard InChI is InChI=1S/C11H17NO2/c1-7-5-4-6-9(14-3)10(7)11(13)8(2)12/h4-6,8,11,13H,12H2,1-3H3/t8-,11-/m1/s1. The fourth-order valence-electron chi connectivity index (χ4n) is 1.47. The predicted molar refractivity (Wildman–Crippen MR) is 56.3 cm³/mol. The number of methoxy groups -OCH3 is 1. The van der Waals surface area contributed by atoms with Crippen LogP contribution in [0, 0.1) is 6.92 Å². The molecule has 0 aliphatic rings. The van der Waals surface area contributed by atoms with Gasteiger partial charge in [-0.25, -0.2) is 0 Å². The molecular weight excluding hydrogens is 178 g/mol. The number of hydrogen-bond donors (Lipinski definition) is 2. The van der Waals surface area contributed by atoms with E-state index >= 15 is 0 Å². The Morgan fingerprint density at radius 3 is 2.57 bits per heavy atom. The average Bonchev–Trinajstić information content (AvgIpc) is 2.16. The van der Waals surface area contributed by atoms with E-state index in [1.165, 1.54) is 0 Å². The molecule has 0 aliphatic heterocycles. The number of nitrogens with two attached hydrogens (primary N) is 1. The van der Waals surface area contributed by atoms with Crippen molar-refractivity contribution in [3.8, 4) is 5.75 Å². The van der Waals surface area contributed by atoms with Crippen LogP contribution in [0.3, 0.4) is 0 Å². The Bertz CT molecular complexity index is 310. The monoisotopic (exact) mass is 195 g/mol. The minimum absolute atomic E-state index is 0.301. The SMILES string of the molecule is COc1cccc(C)c1[C@H](O)[C@@H](C)N. The van der Waals surface area contributed by atoms with Crippen LogP contribution in [0.4, 0.5) is 0 Å². The smallest absolute Gasteiger partial charge is 0.124 e. The number of benzene rings is 1. The number of aliphatic hydroxyl groups excluding tert-OH is 1. The van der Waals surface area contributed by atoms with Crippen molar-refractivity contribution in [1.82, 2.24) is 0 Å². The lowest BCUT2D eigenvalue weighted by Crippen LogP contribution is -2.25. The second-order valence-electron chi connectivity index (χ2n) is 3.49. The van der Waals surface area contributed by atoms with Crippen LogP contribution in [0.15, 0.2) is 18.2 Å². The maximum absolute atomic E-state index is 9.89. The highest BCUT2D eigenvalue weighted by Crippen LogP contribution is 2.29. The van der Waals surface area contributed by atoms with Gasteiger partial charge in [-0.1, -0.05) is 12.1 Å². The number of aryl methyl sites for hydroxylation is 1. The quantitative estimate of drug-likeness (QED) is 0.766. The Balaban J connectivity index is 3.16. The van der Waals surface area contributed by atoms with Gasteiger partial charge < -0.3 is 15.6 Å². The highest BCUT2D eigenvalue weighted by Gasteiger charge is 2.18. The molecular formula is C11H17NO2. The van der Waals surface area contributed by atoms with E-state index in [1.807, 2.05) is 25.1 Å². The zero-order chi connectivity index (χ0) is 10.7. The topological polar surface area (TPSA) is 55.5 Å². The first-order valence-corrected chi connectivity index (χ1v) is 4.65. The molecule has 14 heavy (non-hydrogen) atoms. The Hall–Kier alpha value is -1.06. The van der Waals surface area contributed by atoms with E-state index < -0.39 is 6.10 Å². The van der Waals surface area contributed by atoms with Gasteiger partial charge in [-0.05, 0) is 25.5 Å². The van der Waals surface area contributed by atoms with E-state index in [1.54, 1.807) is 14.0 Å². The molecule has 2 atom stereocenters. The fraction of sp³-hybridized carbons (Fsp3) is 0.455. The van der Waals surface area contributed by atoms with Crippen molar-refractivity contribution >= 4 is 0 Å². The van der Waals surface area contributed by atoms with Crippen LogP contribution in [0.25, 0.3) is 0 Å². The molecule has 3 N–H and O–H groups in total. The van der Waals surface area contributed by atoms with Crippen molar-refractivity contribution in [2.45, 2.75) is 26.0 Å². The summed E-state index contributed by atoms with van der Waals surface area (Å²) in [7, 11) is 1.59. The third kappa shape index (κ3) is 2.05. The summed E-state index contributed by atoms with van der Waals surface area (Å²) < 4.78 is 5.18.